The molecule has 0 bridgehead atoms. The Labute approximate surface area is 196 Å². The average molecular weight is 464 g/mol. The Morgan fingerprint density at radius 1 is 0.812 bits per heavy atom. The van der Waals surface area contributed by atoms with Gasteiger partial charge in [0, 0.05) is 0 Å². The molecule has 180 valence electrons. The molecular formula is C27H44O4P+. The zero-order valence-corrected chi connectivity index (χ0v) is 21.3. The van der Waals surface area contributed by atoms with Crippen LogP contribution in [0.2, 0.25) is 0 Å². The third-order valence-corrected chi connectivity index (χ3v) is 8.22. The highest BCUT2D eigenvalue weighted by Crippen LogP contribution is 2.38. The predicted molar refractivity (Wildman–Crippen MR) is 134 cm³/mol. The van der Waals surface area contributed by atoms with E-state index in [-0.39, 0.29) is 5.52 Å². The summed E-state index contributed by atoms with van der Waals surface area (Å²) in [6, 6.07) is 5.17. The van der Waals surface area contributed by atoms with E-state index in [1.54, 1.807) is 18.2 Å². The van der Waals surface area contributed by atoms with Crippen LogP contribution in [-0.4, -0.2) is 25.9 Å². The van der Waals surface area contributed by atoms with E-state index >= 15 is 0 Å². The number of methoxy groups -OCH3 is 2. The highest BCUT2D eigenvalue weighted by atomic mass is 31.1. The minimum absolute atomic E-state index is 0.303. The van der Waals surface area contributed by atoms with Crippen LogP contribution in [0.5, 0.6) is 11.5 Å². The Morgan fingerprint density at radius 3 is 1.84 bits per heavy atom. The van der Waals surface area contributed by atoms with Crippen molar-refractivity contribution in [2.24, 2.45) is 5.92 Å². The van der Waals surface area contributed by atoms with Crippen molar-refractivity contribution in [3.8, 4) is 11.5 Å². The smallest absolute Gasteiger partial charge is 0.420 e. The summed E-state index contributed by atoms with van der Waals surface area (Å²) in [6.07, 6.45) is 21.8. The summed E-state index contributed by atoms with van der Waals surface area (Å²) in [5.41, 5.74) is -0.0601. The molecule has 0 spiro atoms. The van der Waals surface area contributed by atoms with E-state index in [2.05, 4.69) is 0 Å². The summed E-state index contributed by atoms with van der Waals surface area (Å²) in [7, 11) is 1.07. The Bertz CT molecular complexity index is 660. The zero-order valence-electron chi connectivity index (χ0n) is 20.4. The second-order valence-corrected chi connectivity index (χ2v) is 10.9. The fourth-order valence-electron chi connectivity index (χ4n) is 4.87. The lowest BCUT2D eigenvalue weighted by atomic mass is 9.85. The van der Waals surface area contributed by atoms with Crippen molar-refractivity contribution in [2.45, 2.75) is 103 Å². The standard InChI is InChI=1S/C27H44O4P/c1-30-24-20-16-21-25(31-2)26(24)27(28)32(29)22-15-10-8-6-4-3-5-7-9-12-17-23-18-13-11-14-19-23/h16,20-21,23H,3-15,17-19,22H2,1-2H3/q+1. The average Bonchev–Trinajstić information content (AvgIpc) is 2.84. The van der Waals surface area contributed by atoms with Gasteiger partial charge < -0.3 is 9.47 Å². The Kier molecular flexibility index (Phi) is 13.6. The SMILES string of the molecule is COc1cccc(OC)c1C(=O)[P+](=O)CCCCCCCCCCCCC1CCCCC1. The lowest BCUT2D eigenvalue weighted by Gasteiger charge is -2.21. The lowest BCUT2D eigenvalue weighted by Crippen LogP contribution is -2.05. The molecule has 1 aliphatic rings. The van der Waals surface area contributed by atoms with Crippen LogP contribution < -0.4 is 9.47 Å². The number of benzene rings is 1. The molecule has 0 heterocycles. The Hall–Kier alpha value is -1.41. The molecule has 5 heteroatoms. The number of hydrogen-bond donors (Lipinski definition) is 0. The van der Waals surface area contributed by atoms with Crippen LogP contribution in [0.1, 0.15) is 113 Å². The molecule has 0 radical (unpaired) electrons. The van der Waals surface area contributed by atoms with Crippen molar-refractivity contribution < 1.29 is 18.8 Å². The van der Waals surface area contributed by atoms with E-state index in [9.17, 15) is 9.36 Å². The van der Waals surface area contributed by atoms with E-state index in [0.29, 0.717) is 23.2 Å². The van der Waals surface area contributed by atoms with Crippen LogP contribution in [0.4, 0.5) is 0 Å². The van der Waals surface area contributed by atoms with Gasteiger partial charge >= 0.3 is 13.3 Å². The molecule has 0 saturated heterocycles. The second kappa shape index (κ2) is 16.2. The van der Waals surface area contributed by atoms with E-state index in [1.165, 1.54) is 97.7 Å². The van der Waals surface area contributed by atoms with Crippen molar-refractivity contribution in [1.82, 2.24) is 0 Å². The molecule has 0 N–H and O–H groups in total. The molecule has 0 aliphatic heterocycles. The first-order valence-electron chi connectivity index (χ1n) is 12.9. The lowest BCUT2D eigenvalue weighted by molar-refractivity contribution is 0.107. The quantitative estimate of drug-likeness (QED) is 0.171. The molecule has 1 fully saturated rings. The van der Waals surface area contributed by atoms with E-state index in [4.69, 9.17) is 9.47 Å². The number of hydrogen-bond acceptors (Lipinski definition) is 4. The van der Waals surface area contributed by atoms with Gasteiger partial charge in [0.15, 0.2) is 11.7 Å². The highest BCUT2D eigenvalue weighted by Gasteiger charge is 2.34. The second-order valence-electron chi connectivity index (χ2n) is 9.27. The third-order valence-electron chi connectivity index (χ3n) is 6.82. The van der Waals surface area contributed by atoms with Gasteiger partial charge in [-0.05, 0) is 30.9 Å². The van der Waals surface area contributed by atoms with E-state index in [0.717, 1.165) is 25.2 Å². The highest BCUT2D eigenvalue weighted by molar-refractivity contribution is 7.64. The molecule has 4 nitrogen and oxygen atoms in total. The van der Waals surface area contributed by atoms with Gasteiger partial charge in [0.1, 0.15) is 11.5 Å². The summed E-state index contributed by atoms with van der Waals surface area (Å²) in [6.45, 7) is 0. The van der Waals surface area contributed by atoms with Crippen LogP contribution >= 0.6 is 7.80 Å². The number of carbonyl (C=O) groups excluding carboxylic acids is 1. The number of ether oxygens (including phenoxy) is 2. The summed E-state index contributed by atoms with van der Waals surface area (Å²) in [5.74, 6) is 1.88. The van der Waals surface area contributed by atoms with Gasteiger partial charge in [-0.1, -0.05) is 101 Å². The van der Waals surface area contributed by atoms with Gasteiger partial charge in [-0.25, -0.2) is 4.79 Å². The molecule has 1 saturated carbocycles. The largest absolute Gasteiger partial charge is 0.496 e. The number of rotatable bonds is 17. The first kappa shape index (κ1) is 26.8. The molecule has 1 atom stereocenters. The van der Waals surface area contributed by atoms with Gasteiger partial charge in [-0.2, -0.15) is 0 Å². The third kappa shape index (κ3) is 9.61. The van der Waals surface area contributed by atoms with Crippen LogP contribution in [0, 0.1) is 5.92 Å². The molecule has 0 aromatic heterocycles. The molecule has 1 unspecified atom stereocenters. The molecule has 0 amide bonds. The molecule has 1 aromatic rings. The van der Waals surface area contributed by atoms with Gasteiger partial charge in [0.25, 0.3) is 0 Å². The maximum atomic E-state index is 12.7. The fourth-order valence-corrected chi connectivity index (χ4v) is 6.05. The maximum Gasteiger partial charge on any atom is 0.420 e. The zero-order chi connectivity index (χ0) is 23.0. The normalized spacial score (nSPS) is 14.9. The van der Waals surface area contributed by atoms with Crippen molar-refractivity contribution in [3.63, 3.8) is 0 Å². The summed E-state index contributed by atoms with van der Waals surface area (Å²) in [5, 5.41) is 0. The van der Waals surface area contributed by atoms with Crippen LogP contribution in [0.25, 0.3) is 0 Å². The monoisotopic (exact) mass is 463 g/mol. The van der Waals surface area contributed by atoms with Crippen LogP contribution in [-0.2, 0) is 4.57 Å². The fraction of sp³-hybridized carbons (Fsp3) is 0.741. The van der Waals surface area contributed by atoms with Gasteiger partial charge in [0.2, 0.25) is 0 Å². The summed E-state index contributed by atoms with van der Waals surface area (Å²) in [4.78, 5) is 12.7. The summed E-state index contributed by atoms with van der Waals surface area (Å²) < 4.78 is 23.1. The van der Waals surface area contributed by atoms with Crippen molar-refractivity contribution in [3.05, 3.63) is 23.8 Å². The van der Waals surface area contributed by atoms with Crippen LogP contribution in [0.3, 0.4) is 0 Å². The molecule has 2 rings (SSSR count). The first-order chi connectivity index (χ1) is 15.7. The molecule has 1 aromatic carbocycles. The molecule has 1 aliphatic carbocycles. The van der Waals surface area contributed by atoms with Gasteiger partial charge in [0.05, 0.1) is 14.2 Å². The number of carbonyl (C=O) groups is 1. The first-order valence-corrected chi connectivity index (χ1v) is 14.3. The van der Waals surface area contributed by atoms with E-state index < -0.39 is 7.80 Å². The number of unbranched alkanes of at least 4 members (excludes halogenated alkanes) is 9. The Balaban J connectivity index is 1.48. The van der Waals surface area contributed by atoms with Crippen molar-refractivity contribution in [2.75, 3.05) is 20.4 Å². The van der Waals surface area contributed by atoms with Gasteiger partial charge in [-0.3, -0.25) is 0 Å². The minimum atomic E-state index is -1.95. The van der Waals surface area contributed by atoms with Crippen molar-refractivity contribution >= 4 is 13.3 Å². The topological polar surface area (TPSA) is 52.6 Å². The summed E-state index contributed by atoms with van der Waals surface area (Å²) >= 11 is 0. The Morgan fingerprint density at radius 2 is 1.31 bits per heavy atom. The molecule has 32 heavy (non-hydrogen) atoms. The maximum absolute atomic E-state index is 12.7. The minimum Gasteiger partial charge on any atom is -0.496 e. The molecular weight excluding hydrogens is 419 g/mol. The van der Waals surface area contributed by atoms with Gasteiger partial charge in [-0.15, -0.1) is 0 Å². The van der Waals surface area contributed by atoms with E-state index in [1.807, 2.05) is 0 Å². The van der Waals surface area contributed by atoms with Crippen molar-refractivity contribution in [1.29, 1.82) is 0 Å². The van der Waals surface area contributed by atoms with Crippen LogP contribution in [0.15, 0.2) is 18.2 Å². The predicted octanol–water partition coefficient (Wildman–Crippen LogP) is 8.54.